The van der Waals surface area contributed by atoms with Gasteiger partial charge in [-0.25, -0.2) is 0 Å². The number of halogens is 3. The van der Waals surface area contributed by atoms with E-state index in [1.54, 1.807) is 0 Å². The highest BCUT2D eigenvalue weighted by molar-refractivity contribution is 5.74. The predicted molar refractivity (Wildman–Crippen MR) is 54.4 cm³/mol. The Balaban J connectivity index is 3.11. The molecule has 17 heavy (non-hydrogen) atoms. The Morgan fingerprint density at radius 1 is 1.35 bits per heavy atom. The number of nitroso groups, excluding NO2 is 1. The first-order valence-corrected chi connectivity index (χ1v) is 4.66. The lowest BCUT2D eigenvalue weighted by Crippen LogP contribution is -2.14. The van der Waals surface area contributed by atoms with E-state index in [1.807, 2.05) is 0 Å². The third kappa shape index (κ3) is 3.54. The molecule has 1 aromatic rings. The number of nitrogens with two attached hydrogens (primary N) is 1. The van der Waals surface area contributed by atoms with Crippen LogP contribution in [0, 0.1) is 4.91 Å². The molecule has 1 rings (SSSR count). The van der Waals surface area contributed by atoms with Gasteiger partial charge in [-0.05, 0) is 29.3 Å². The third-order valence-electron chi connectivity index (χ3n) is 2.14. The molecule has 92 valence electrons. The quantitative estimate of drug-likeness (QED) is 0.829. The largest absolute Gasteiger partial charge is 0.416 e. The van der Waals surface area contributed by atoms with Crippen LogP contribution in [-0.4, -0.2) is 5.91 Å². The summed E-state index contributed by atoms with van der Waals surface area (Å²) < 4.78 is 37.9. The van der Waals surface area contributed by atoms with Gasteiger partial charge in [-0.3, -0.25) is 4.79 Å². The van der Waals surface area contributed by atoms with E-state index >= 15 is 0 Å². The summed E-state index contributed by atoms with van der Waals surface area (Å²) in [7, 11) is 0. The number of carbonyl (C=O) groups is 1. The van der Waals surface area contributed by atoms with E-state index in [4.69, 9.17) is 5.73 Å². The standard InChI is InChI=1S/C10H9F3N2O2/c11-10(12,13)8-5-7(15-17)3-1-6(8)2-4-9(14)16/h1,3,5H,2,4H2,(H2,14,16). The topological polar surface area (TPSA) is 72.5 Å². The number of carbonyl (C=O) groups excluding carboxylic acids is 1. The predicted octanol–water partition coefficient (Wildman–Crippen LogP) is 2.52. The van der Waals surface area contributed by atoms with Gasteiger partial charge >= 0.3 is 6.18 Å². The fourth-order valence-electron chi connectivity index (χ4n) is 1.36. The van der Waals surface area contributed by atoms with Gasteiger partial charge in [0.15, 0.2) is 0 Å². The van der Waals surface area contributed by atoms with Crippen LogP contribution in [0.25, 0.3) is 0 Å². The molecule has 0 aliphatic rings. The minimum absolute atomic E-state index is 0.0799. The molecule has 0 aromatic heterocycles. The lowest BCUT2D eigenvalue weighted by atomic mass is 10.0. The van der Waals surface area contributed by atoms with Crippen molar-refractivity contribution in [2.75, 3.05) is 0 Å². The van der Waals surface area contributed by atoms with Crippen molar-refractivity contribution >= 4 is 11.6 Å². The average Bonchev–Trinajstić information content (AvgIpc) is 2.24. The van der Waals surface area contributed by atoms with Crippen molar-refractivity contribution in [2.45, 2.75) is 19.0 Å². The van der Waals surface area contributed by atoms with Gasteiger partial charge in [-0.15, -0.1) is 4.91 Å². The summed E-state index contributed by atoms with van der Waals surface area (Å²) in [6.45, 7) is 0. The van der Waals surface area contributed by atoms with Crippen molar-refractivity contribution < 1.29 is 18.0 Å². The number of amides is 1. The zero-order valence-corrected chi connectivity index (χ0v) is 8.62. The molecule has 7 heteroatoms. The number of primary amides is 1. The fourth-order valence-corrected chi connectivity index (χ4v) is 1.36. The highest BCUT2D eigenvalue weighted by atomic mass is 19.4. The molecule has 0 aliphatic carbocycles. The van der Waals surface area contributed by atoms with E-state index < -0.39 is 17.6 Å². The second-order valence-corrected chi connectivity index (χ2v) is 3.40. The molecule has 0 atom stereocenters. The van der Waals surface area contributed by atoms with Crippen molar-refractivity contribution in [1.29, 1.82) is 0 Å². The molecule has 0 unspecified atom stereocenters. The van der Waals surface area contributed by atoms with Crippen molar-refractivity contribution in [3.8, 4) is 0 Å². The van der Waals surface area contributed by atoms with Crippen molar-refractivity contribution in [3.05, 3.63) is 34.2 Å². The van der Waals surface area contributed by atoms with Crippen LogP contribution in [-0.2, 0) is 17.4 Å². The summed E-state index contributed by atoms with van der Waals surface area (Å²) in [6, 6.07) is 2.95. The summed E-state index contributed by atoms with van der Waals surface area (Å²) >= 11 is 0. The van der Waals surface area contributed by atoms with Crippen LogP contribution >= 0.6 is 0 Å². The zero-order valence-electron chi connectivity index (χ0n) is 8.62. The van der Waals surface area contributed by atoms with Crippen LogP contribution in [0.3, 0.4) is 0 Å². The Morgan fingerprint density at radius 3 is 2.47 bits per heavy atom. The van der Waals surface area contributed by atoms with E-state index in [0.717, 1.165) is 6.07 Å². The first kappa shape index (κ1) is 13.1. The number of alkyl halides is 3. The van der Waals surface area contributed by atoms with Gasteiger partial charge in [0.25, 0.3) is 0 Å². The molecular formula is C10H9F3N2O2. The van der Waals surface area contributed by atoms with Crippen LogP contribution < -0.4 is 5.73 Å². The van der Waals surface area contributed by atoms with Gasteiger partial charge in [-0.1, -0.05) is 6.07 Å². The van der Waals surface area contributed by atoms with Crippen LogP contribution in [0.15, 0.2) is 23.4 Å². The van der Waals surface area contributed by atoms with Gasteiger partial charge in [0.2, 0.25) is 5.91 Å². The molecule has 0 spiro atoms. The number of rotatable bonds is 4. The van der Waals surface area contributed by atoms with Crippen LogP contribution in [0.5, 0.6) is 0 Å². The maximum Gasteiger partial charge on any atom is 0.416 e. The summed E-state index contributed by atoms with van der Waals surface area (Å²) in [5, 5.41) is 2.44. The van der Waals surface area contributed by atoms with Crippen molar-refractivity contribution in [3.63, 3.8) is 0 Å². The van der Waals surface area contributed by atoms with E-state index in [2.05, 4.69) is 5.18 Å². The normalized spacial score (nSPS) is 11.2. The smallest absolute Gasteiger partial charge is 0.370 e. The first-order chi connectivity index (χ1) is 7.84. The van der Waals surface area contributed by atoms with E-state index in [9.17, 15) is 22.9 Å². The van der Waals surface area contributed by atoms with Gasteiger partial charge in [0.05, 0.1) is 5.56 Å². The highest BCUT2D eigenvalue weighted by Crippen LogP contribution is 2.34. The second kappa shape index (κ2) is 4.94. The van der Waals surface area contributed by atoms with E-state index in [1.165, 1.54) is 6.07 Å². The van der Waals surface area contributed by atoms with Gasteiger partial charge in [0.1, 0.15) is 5.69 Å². The maximum atomic E-state index is 12.6. The minimum Gasteiger partial charge on any atom is -0.370 e. The molecule has 0 fully saturated rings. The Morgan fingerprint density at radius 2 is 2.00 bits per heavy atom. The number of benzene rings is 1. The minimum atomic E-state index is -4.59. The molecular weight excluding hydrogens is 237 g/mol. The molecule has 0 aliphatic heterocycles. The maximum absolute atomic E-state index is 12.6. The van der Waals surface area contributed by atoms with Crippen molar-refractivity contribution in [1.82, 2.24) is 0 Å². The van der Waals surface area contributed by atoms with Gasteiger partial charge in [-0.2, -0.15) is 13.2 Å². The fraction of sp³-hybridized carbons (Fsp3) is 0.300. The Bertz CT molecular complexity index is 444. The molecule has 0 radical (unpaired) electrons. The molecule has 4 nitrogen and oxygen atoms in total. The van der Waals surface area contributed by atoms with Crippen LogP contribution in [0.2, 0.25) is 0 Å². The SMILES string of the molecule is NC(=O)CCc1ccc(N=O)cc1C(F)(F)F. The molecule has 0 bridgehead atoms. The summed E-state index contributed by atoms with van der Waals surface area (Å²) in [6.07, 6.45) is -4.89. The first-order valence-electron chi connectivity index (χ1n) is 4.66. The molecule has 0 saturated carbocycles. The Labute approximate surface area is 94.6 Å². The highest BCUT2D eigenvalue weighted by Gasteiger charge is 2.33. The molecule has 0 heterocycles. The second-order valence-electron chi connectivity index (χ2n) is 3.40. The Hall–Kier alpha value is -1.92. The third-order valence-corrected chi connectivity index (χ3v) is 2.14. The van der Waals surface area contributed by atoms with E-state index in [0.29, 0.717) is 6.07 Å². The molecule has 0 saturated heterocycles. The van der Waals surface area contributed by atoms with Gasteiger partial charge in [0, 0.05) is 6.42 Å². The Kier molecular flexibility index (Phi) is 3.82. The molecule has 1 aromatic carbocycles. The number of nitrogens with zero attached hydrogens (tertiary/aromatic N) is 1. The number of aryl methyl sites for hydroxylation is 1. The lowest BCUT2D eigenvalue weighted by molar-refractivity contribution is -0.138. The summed E-state index contributed by atoms with van der Waals surface area (Å²) in [4.78, 5) is 20.7. The lowest BCUT2D eigenvalue weighted by Gasteiger charge is -2.12. The number of hydrogen-bond donors (Lipinski definition) is 1. The summed E-state index contributed by atoms with van der Waals surface area (Å²) in [5.74, 6) is -0.685. The van der Waals surface area contributed by atoms with Gasteiger partial charge < -0.3 is 5.73 Å². The summed E-state index contributed by atoms with van der Waals surface area (Å²) in [5.41, 5.74) is 3.52. The molecule has 2 N–H and O–H groups in total. The average molecular weight is 246 g/mol. The monoisotopic (exact) mass is 246 g/mol. The van der Waals surface area contributed by atoms with Crippen LogP contribution in [0.1, 0.15) is 17.5 Å². The number of hydrogen-bond acceptors (Lipinski definition) is 3. The van der Waals surface area contributed by atoms with E-state index in [-0.39, 0.29) is 24.1 Å². The van der Waals surface area contributed by atoms with Crippen LogP contribution in [0.4, 0.5) is 18.9 Å². The molecule has 1 amide bonds. The van der Waals surface area contributed by atoms with Crippen molar-refractivity contribution in [2.24, 2.45) is 10.9 Å². The zero-order chi connectivity index (χ0) is 13.1.